The van der Waals surface area contributed by atoms with Gasteiger partial charge in [0.05, 0.1) is 5.69 Å². The van der Waals surface area contributed by atoms with Crippen LogP contribution in [0.15, 0.2) is 30.3 Å². The molecular weight excluding hydrogens is 265 g/mol. The summed E-state index contributed by atoms with van der Waals surface area (Å²) in [6.45, 7) is 1.79. The first-order valence-corrected chi connectivity index (χ1v) is 5.43. The van der Waals surface area contributed by atoms with E-state index in [2.05, 4.69) is 9.97 Å². The molecule has 0 saturated carbocycles. The Kier molecular flexibility index (Phi) is 3.26. The van der Waals surface area contributed by atoms with Gasteiger partial charge in [-0.15, -0.1) is 0 Å². The number of nitrogens with zero attached hydrogens (tertiary/aromatic N) is 2. The number of rotatable bonds is 1. The molecule has 0 amide bonds. The first-order chi connectivity index (χ1) is 8.38. The Labute approximate surface area is 106 Å². The molecule has 0 atom stereocenters. The van der Waals surface area contributed by atoms with Gasteiger partial charge in [-0.05, 0) is 12.5 Å². The molecule has 0 N–H and O–H groups in total. The van der Waals surface area contributed by atoms with Gasteiger partial charge in [-0.1, -0.05) is 35.9 Å². The van der Waals surface area contributed by atoms with Crippen LogP contribution in [-0.2, 0) is 6.18 Å². The fourth-order valence-corrected chi connectivity index (χ4v) is 1.73. The van der Waals surface area contributed by atoms with Crippen molar-refractivity contribution in [3.8, 4) is 11.3 Å². The predicted molar refractivity (Wildman–Crippen MR) is 62.2 cm³/mol. The maximum absolute atomic E-state index is 12.6. The molecule has 0 radical (unpaired) electrons. The minimum absolute atomic E-state index is 0.167. The molecule has 0 saturated heterocycles. The summed E-state index contributed by atoms with van der Waals surface area (Å²) in [5.74, 6) is -1.23. The average molecular weight is 273 g/mol. The second-order valence-corrected chi connectivity index (χ2v) is 4.10. The van der Waals surface area contributed by atoms with Gasteiger partial charge in [-0.3, -0.25) is 0 Å². The molecule has 0 fully saturated rings. The highest BCUT2D eigenvalue weighted by Crippen LogP contribution is 2.30. The highest BCUT2D eigenvalue weighted by atomic mass is 35.5. The molecule has 94 valence electrons. The highest BCUT2D eigenvalue weighted by Gasteiger charge is 2.35. The van der Waals surface area contributed by atoms with Crippen molar-refractivity contribution in [1.82, 2.24) is 9.97 Å². The number of hydrogen-bond donors (Lipinski definition) is 0. The molecular formula is C12H8ClF3N2. The lowest BCUT2D eigenvalue weighted by atomic mass is 10.1. The van der Waals surface area contributed by atoms with Gasteiger partial charge in [-0.25, -0.2) is 9.97 Å². The molecule has 6 heteroatoms. The molecule has 2 nitrogen and oxygen atoms in total. The number of halogens is 4. The number of aromatic nitrogens is 2. The molecule has 2 aromatic rings. The van der Waals surface area contributed by atoms with Gasteiger partial charge in [-0.2, -0.15) is 13.2 Å². The van der Waals surface area contributed by atoms with Crippen LogP contribution >= 0.6 is 11.6 Å². The van der Waals surface area contributed by atoms with Crippen molar-refractivity contribution in [2.24, 2.45) is 0 Å². The van der Waals surface area contributed by atoms with E-state index in [9.17, 15) is 13.2 Å². The third-order valence-corrected chi connectivity index (χ3v) is 2.56. The van der Waals surface area contributed by atoms with Crippen LogP contribution in [0.1, 0.15) is 11.4 Å². The molecule has 0 aliphatic rings. The zero-order chi connectivity index (χ0) is 13.3. The van der Waals surface area contributed by atoms with E-state index in [1.54, 1.807) is 31.2 Å². The number of alkyl halides is 3. The number of aryl methyl sites for hydroxylation is 1. The Bertz CT molecular complexity index is 582. The van der Waals surface area contributed by atoms with E-state index in [1.165, 1.54) is 6.07 Å². The summed E-state index contributed by atoms with van der Waals surface area (Å²) in [4.78, 5) is 6.70. The zero-order valence-electron chi connectivity index (χ0n) is 9.29. The maximum atomic E-state index is 12.6. The fourth-order valence-electron chi connectivity index (χ4n) is 1.54. The lowest BCUT2D eigenvalue weighted by Gasteiger charge is -2.09. The summed E-state index contributed by atoms with van der Waals surface area (Å²) in [6, 6.07) is 8.32. The Hall–Kier alpha value is -1.62. The molecule has 0 aliphatic heterocycles. The van der Waals surface area contributed by atoms with Crippen LogP contribution < -0.4 is 0 Å². The Balaban J connectivity index is 2.60. The smallest absolute Gasteiger partial charge is 0.224 e. The Morgan fingerprint density at radius 1 is 1.11 bits per heavy atom. The van der Waals surface area contributed by atoms with Gasteiger partial charge in [0.25, 0.3) is 0 Å². The topological polar surface area (TPSA) is 25.8 Å². The van der Waals surface area contributed by atoms with Crippen LogP contribution in [0.5, 0.6) is 0 Å². The van der Waals surface area contributed by atoms with E-state index in [0.29, 0.717) is 5.56 Å². The lowest BCUT2D eigenvalue weighted by Crippen LogP contribution is -2.11. The van der Waals surface area contributed by atoms with Gasteiger partial charge in [0.2, 0.25) is 5.82 Å². The molecule has 1 aromatic heterocycles. The molecule has 1 heterocycles. The largest absolute Gasteiger partial charge is 0.451 e. The third kappa shape index (κ3) is 2.61. The average Bonchev–Trinajstić information content (AvgIpc) is 2.27. The summed E-state index contributed by atoms with van der Waals surface area (Å²) >= 11 is 5.61. The van der Waals surface area contributed by atoms with Crippen molar-refractivity contribution in [2.45, 2.75) is 13.1 Å². The quantitative estimate of drug-likeness (QED) is 0.730. The second-order valence-electron chi connectivity index (χ2n) is 3.71. The zero-order valence-corrected chi connectivity index (χ0v) is 10.0. The SMILES string of the molecule is Cc1ccccc1-c1cc(Cl)nc(C(F)(F)F)n1. The van der Waals surface area contributed by atoms with E-state index < -0.39 is 12.0 Å². The third-order valence-electron chi connectivity index (χ3n) is 2.37. The van der Waals surface area contributed by atoms with Crippen molar-refractivity contribution >= 4 is 11.6 Å². The Morgan fingerprint density at radius 2 is 1.78 bits per heavy atom. The van der Waals surface area contributed by atoms with E-state index >= 15 is 0 Å². The first-order valence-electron chi connectivity index (χ1n) is 5.06. The van der Waals surface area contributed by atoms with Crippen LogP contribution in [0.2, 0.25) is 5.15 Å². The first kappa shape index (κ1) is 12.8. The van der Waals surface area contributed by atoms with Crippen LogP contribution in [0.4, 0.5) is 13.2 Å². The van der Waals surface area contributed by atoms with Crippen molar-refractivity contribution in [2.75, 3.05) is 0 Å². The number of benzene rings is 1. The van der Waals surface area contributed by atoms with Crippen LogP contribution in [0.25, 0.3) is 11.3 Å². The van der Waals surface area contributed by atoms with Gasteiger partial charge in [0, 0.05) is 11.6 Å². The van der Waals surface area contributed by atoms with Gasteiger partial charge in [0.1, 0.15) is 5.15 Å². The molecule has 0 spiro atoms. The van der Waals surface area contributed by atoms with Crippen molar-refractivity contribution in [3.63, 3.8) is 0 Å². The lowest BCUT2D eigenvalue weighted by molar-refractivity contribution is -0.144. The minimum atomic E-state index is -4.61. The monoisotopic (exact) mass is 272 g/mol. The summed E-state index contributed by atoms with van der Waals surface area (Å²) in [7, 11) is 0. The van der Waals surface area contributed by atoms with Gasteiger partial charge >= 0.3 is 6.18 Å². The van der Waals surface area contributed by atoms with Crippen molar-refractivity contribution < 1.29 is 13.2 Å². The fraction of sp³-hybridized carbons (Fsp3) is 0.167. The van der Waals surface area contributed by atoms with E-state index in [1.807, 2.05) is 0 Å². The molecule has 0 aliphatic carbocycles. The van der Waals surface area contributed by atoms with Gasteiger partial charge in [0.15, 0.2) is 0 Å². The normalized spacial score (nSPS) is 11.6. The van der Waals surface area contributed by atoms with Crippen LogP contribution in [0.3, 0.4) is 0 Å². The maximum Gasteiger partial charge on any atom is 0.451 e. The molecule has 2 rings (SSSR count). The van der Waals surface area contributed by atoms with E-state index in [4.69, 9.17) is 11.6 Å². The molecule has 0 bridgehead atoms. The second kappa shape index (κ2) is 4.57. The summed E-state index contributed by atoms with van der Waals surface area (Å²) in [5.41, 5.74) is 1.59. The molecule has 1 aromatic carbocycles. The standard InChI is InChI=1S/C12H8ClF3N2/c1-7-4-2-3-5-8(7)9-6-10(13)18-11(17-9)12(14,15)16/h2-6H,1H3. The number of hydrogen-bond acceptors (Lipinski definition) is 2. The summed E-state index contributed by atoms with van der Waals surface area (Å²) < 4.78 is 37.7. The molecule has 0 unspecified atom stereocenters. The summed E-state index contributed by atoms with van der Waals surface area (Å²) in [5, 5.41) is -0.226. The van der Waals surface area contributed by atoms with E-state index in [0.717, 1.165) is 5.56 Å². The Morgan fingerprint density at radius 3 is 2.39 bits per heavy atom. The molecule has 18 heavy (non-hydrogen) atoms. The highest BCUT2D eigenvalue weighted by molar-refractivity contribution is 6.29. The van der Waals surface area contributed by atoms with Crippen molar-refractivity contribution in [3.05, 3.63) is 46.9 Å². The van der Waals surface area contributed by atoms with Gasteiger partial charge < -0.3 is 0 Å². The minimum Gasteiger partial charge on any atom is -0.224 e. The van der Waals surface area contributed by atoms with Crippen molar-refractivity contribution in [1.29, 1.82) is 0 Å². The van der Waals surface area contributed by atoms with Crippen LogP contribution in [-0.4, -0.2) is 9.97 Å². The summed E-state index contributed by atoms with van der Waals surface area (Å²) in [6.07, 6.45) is -4.61. The van der Waals surface area contributed by atoms with Crippen LogP contribution in [0, 0.1) is 6.92 Å². The predicted octanol–water partition coefficient (Wildman–Crippen LogP) is 4.12. The van der Waals surface area contributed by atoms with E-state index in [-0.39, 0.29) is 10.8 Å².